The Balaban J connectivity index is 1.55. The molecule has 0 amide bonds. The normalized spacial score (nSPS) is 22.0. The van der Waals surface area contributed by atoms with Gasteiger partial charge in [-0.05, 0) is 41.8 Å². The van der Waals surface area contributed by atoms with Gasteiger partial charge in [-0.2, -0.15) is 4.31 Å². The Morgan fingerprint density at radius 1 is 1.00 bits per heavy atom. The van der Waals surface area contributed by atoms with Crippen molar-refractivity contribution in [1.29, 1.82) is 0 Å². The molecule has 3 aromatic rings. The fraction of sp³-hybridized carbons (Fsp3) is 0.261. The van der Waals surface area contributed by atoms with Gasteiger partial charge in [0.1, 0.15) is 13.2 Å². The molecule has 5 rings (SSSR count). The molecule has 8 heteroatoms. The Kier molecular flexibility index (Phi) is 5.13. The lowest BCUT2D eigenvalue weighted by Crippen LogP contribution is -2.48. The van der Waals surface area contributed by atoms with E-state index in [-0.39, 0.29) is 11.4 Å². The lowest BCUT2D eigenvalue weighted by atomic mass is 9.95. The van der Waals surface area contributed by atoms with Crippen molar-refractivity contribution in [2.75, 3.05) is 13.2 Å². The number of aliphatic hydroxyl groups excluding tert-OH is 1. The summed E-state index contributed by atoms with van der Waals surface area (Å²) in [7, 11) is -3.81. The van der Waals surface area contributed by atoms with E-state index in [4.69, 9.17) is 9.47 Å². The molecule has 0 bridgehead atoms. The SMILES string of the molecule is O=S1(=O)c2ccccc2[C@@H](O)[C@H](Cc2ccc3c(c2)OCCO3)N1Cc1cccnc1. The minimum atomic E-state index is -3.81. The van der Waals surface area contributed by atoms with Crippen LogP contribution in [0, 0.1) is 0 Å². The molecule has 0 saturated carbocycles. The van der Waals surface area contributed by atoms with Crippen molar-refractivity contribution in [3.05, 3.63) is 83.7 Å². The fourth-order valence-corrected chi connectivity index (χ4v) is 6.03. The molecular weight excluding hydrogens is 416 g/mol. The van der Waals surface area contributed by atoms with E-state index in [0.717, 1.165) is 11.1 Å². The number of hydrogen-bond acceptors (Lipinski definition) is 6. The number of aliphatic hydroxyl groups is 1. The van der Waals surface area contributed by atoms with Crippen LogP contribution >= 0.6 is 0 Å². The van der Waals surface area contributed by atoms with Crippen LogP contribution in [0.4, 0.5) is 0 Å². The molecule has 0 spiro atoms. The monoisotopic (exact) mass is 438 g/mol. The van der Waals surface area contributed by atoms with Gasteiger partial charge >= 0.3 is 0 Å². The van der Waals surface area contributed by atoms with Crippen molar-refractivity contribution in [2.24, 2.45) is 0 Å². The Bertz CT molecular complexity index is 1200. The van der Waals surface area contributed by atoms with E-state index in [1.807, 2.05) is 24.3 Å². The molecule has 0 fully saturated rings. The zero-order chi connectivity index (χ0) is 21.4. The maximum Gasteiger partial charge on any atom is 0.244 e. The van der Waals surface area contributed by atoms with Crippen LogP contribution in [-0.2, 0) is 23.0 Å². The van der Waals surface area contributed by atoms with E-state index in [2.05, 4.69) is 4.98 Å². The van der Waals surface area contributed by atoms with Gasteiger partial charge in [0.15, 0.2) is 11.5 Å². The molecule has 31 heavy (non-hydrogen) atoms. The second kappa shape index (κ2) is 7.96. The van der Waals surface area contributed by atoms with Crippen LogP contribution in [0.1, 0.15) is 22.8 Å². The van der Waals surface area contributed by atoms with Crippen LogP contribution in [0.15, 0.2) is 71.9 Å². The summed E-state index contributed by atoms with van der Waals surface area (Å²) in [5, 5.41) is 11.2. The molecule has 0 aliphatic carbocycles. The second-order valence-electron chi connectivity index (χ2n) is 7.64. The summed E-state index contributed by atoms with van der Waals surface area (Å²) < 4.78 is 39.7. The molecule has 7 nitrogen and oxygen atoms in total. The maximum absolute atomic E-state index is 13.5. The highest BCUT2D eigenvalue weighted by Gasteiger charge is 2.43. The Morgan fingerprint density at radius 3 is 2.61 bits per heavy atom. The Labute approximate surface area is 180 Å². The summed E-state index contributed by atoms with van der Waals surface area (Å²) >= 11 is 0. The lowest BCUT2D eigenvalue weighted by Gasteiger charge is -2.39. The third-order valence-corrected chi connectivity index (χ3v) is 7.62. The maximum atomic E-state index is 13.5. The van der Waals surface area contributed by atoms with Gasteiger partial charge in [0, 0.05) is 24.5 Å². The van der Waals surface area contributed by atoms with Crippen LogP contribution in [-0.4, -0.2) is 42.1 Å². The van der Waals surface area contributed by atoms with Crippen molar-refractivity contribution >= 4 is 10.0 Å². The minimum Gasteiger partial charge on any atom is -0.486 e. The van der Waals surface area contributed by atoms with E-state index in [1.54, 1.807) is 42.7 Å². The standard InChI is InChI=1S/C23H22N2O5S/c26-23-18-5-1-2-6-22(18)31(27,28)25(15-17-4-3-9-24-14-17)19(23)12-16-7-8-20-21(13-16)30-11-10-29-20/h1-9,13-14,19,23,26H,10-12,15H2/t19-,23+/m0/s1. The van der Waals surface area contributed by atoms with Crippen LogP contribution in [0.2, 0.25) is 0 Å². The van der Waals surface area contributed by atoms with Crippen LogP contribution < -0.4 is 9.47 Å². The highest BCUT2D eigenvalue weighted by atomic mass is 32.2. The minimum absolute atomic E-state index is 0.122. The van der Waals surface area contributed by atoms with Crippen LogP contribution in [0.3, 0.4) is 0 Å². The van der Waals surface area contributed by atoms with Gasteiger partial charge in [0.25, 0.3) is 0 Å². The smallest absolute Gasteiger partial charge is 0.244 e. The third kappa shape index (κ3) is 3.67. The van der Waals surface area contributed by atoms with Gasteiger partial charge in [-0.25, -0.2) is 8.42 Å². The molecule has 1 N–H and O–H groups in total. The van der Waals surface area contributed by atoms with Gasteiger partial charge in [-0.3, -0.25) is 4.98 Å². The molecule has 2 aliphatic heterocycles. The van der Waals surface area contributed by atoms with Crippen LogP contribution in [0.25, 0.3) is 0 Å². The molecular formula is C23H22N2O5S. The number of nitrogens with zero attached hydrogens (tertiary/aromatic N) is 2. The second-order valence-corrected chi connectivity index (χ2v) is 9.50. The molecule has 2 atom stereocenters. The average Bonchev–Trinajstić information content (AvgIpc) is 2.80. The zero-order valence-electron chi connectivity index (χ0n) is 16.7. The van der Waals surface area contributed by atoms with E-state index < -0.39 is 22.2 Å². The summed E-state index contributed by atoms with van der Waals surface area (Å²) in [5.74, 6) is 1.31. The fourth-order valence-electron chi connectivity index (χ4n) is 4.17. The topological polar surface area (TPSA) is 89.0 Å². The lowest BCUT2D eigenvalue weighted by molar-refractivity contribution is 0.0768. The first-order valence-electron chi connectivity index (χ1n) is 10.1. The third-order valence-electron chi connectivity index (χ3n) is 5.67. The molecule has 2 aliphatic rings. The van der Waals surface area contributed by atoms with Crippen molar-refractivity contribution < 1.29 is 23.0 Å². The largest absolute Gasteiger partial charge is 0.486 e. The highest BCUT2D eigenvalue weighted by molar-refractivity contribution is 7.89. The van der Waals surface area contributed by atoms with Gasteiger partial charge in [-0.1, -0.05) is 30.3 Å². The molecule has 2 aromatic carbocycles. The van der Waals surface area contributed by atoms with Gasteiger partial charge < -0.3 is 14.6 Å². The predicted octanol–water partition coefficient (Wildman–Crippen LogP) is 2.70. The summed E-state index contributed by atoms with van der Waals surface area (Å²) in [5.41, 5.74) is 2.04. The van der Waals surface area contributed by atoms with Crippen molar-refractivity contribution in [2.45, 2.75) is 30.0 Å². The van der Waals surface area contributed by atoms with E-state index in [9.17, 15) is 13.5 Å². The quantitative estimate of drug-likeness (QED) is 0.674. The first-order chi connectivity index (χ1) is 15.0. The highest BCUT2D eigenvalue weighted by Crippen LogP contribution is 2.40. The molecule has 3 heterocycles. The number of ether oxygens (including phenoxy) is 2. The van der Waals surface area contributed by atoms with Crippen molar-refractivity contribution in [3.8, 4) is 11.5 Å². The van der Waals surface area contributed by atoms with Crippen molar-refractivity contribution in [1.82, 2.24) is 9.29 Å². The molecule has 0 saturated heterocycles. The molecule has 160 valence electrons. The number of fused-ring (bicyclic) bond motifs is 2. The summed E-state index contributed by atoms with van der Waals surface area (Å²) in [6.45, 7) is 1.09. The Morgan fingerprint density at radius 2 is 1.81 bits per heavy atom. The first kappa shape index (κ1) is 20.0. The number of rotatable bonds is 4. The molecule has 0 radical (unpaired) electrons. The van der Waals surface area contributed by atoms with E-state index in [0.29, 0.717) is 36.7 Å². The number of aromatic nitrogens is 1. The Hall–Kier alpha value is -2.94. The van der Waals surface area contributed by atoms with Gasteiger partial charge in [0.05, 0.1) is 17.0 Å². The molecule has 1 aromatic heterocycles. The summed E-state index contributed by atoms with van der Waals surface area (Å²) in [6, 6.07) is 15.1. The number of hydrogen-bond donors (Lipinski definition) is 1. The summed E-state index contributed by atoms with van der Waals surface area (Å²) in [4.78, 5) is 4.25. The van der Waals surface area contributed by atoms with Gasteiger partial charge in [0.2, 0.25) is 10.0 Å². The number of pyridine rings is 1. The predicted molar refractivity (Wildman–Crippen MR) is 113 cm³/mol. The van der Waals surface area contributed by atoms with Gasteiger partial charge in [-0.15, -0.1) is 0 Å². The number of benzene rings is 2. The zero-order valence-corrected chi connectivity index (χ0v) is 17.5. The molecule has 0 unspecified atom stereocenters. The van der Waals surface area contributed by atoms with Crippen LogP contribution in [0.5, 0.6) is 11.5 Å². The first-order valence-corrected chi connectivity index (χ1v) is 11.5. The average molecular weight is 439 g/mol. The summed E-state index contributed by atoms with van der Waals surface area (Å²) in [6.07, 6.45) is 2.64. The number of sulfonamides is 1. The van der Waals surface area contributed by atoms with E-state index >= 15 is 0 Å². The van der Waals surface area contributed by atoms with E-state index in [1.165, 1.54) is 4.31 Å². The van der Waals surface area contributed by atoms with Crippen molar-refractivity contribution in [3.63, 3.8) is 0 Å².